The molecular weight excluding hydrogens is 124 g/mol. The van der Waals surface area contributed by atoms with E-state index in [2.05, 4.69) is 5.92 Å². The highest BCUT2D eigenvalue weighted by Gasteiger charge is 1.85. The molecule has 0 fully saturated rings. The first-order chi connectivity index (χ1) is 4.93. The fraction of sp³-hybridized carbons (Fsp3) is 0.111. The minimum atomic E-state index is 0.226. The summed E-state index contributed by atoms with van der Waals surface area (Å²) in [4.78, 5) is 0. The van der Waals surface area contributed by atoms with E-state index in [4.69, 9.17) is 11.2 Å². The lowest BCUT2D eigenvalue weighted by Gasteiger charge is -1.98. The van der Waals surface area contributed by atoms with Crippen LogP contribution in [-0.4, -0.2) is 6.61 Å². The molecule has 0 spiro atoms. The summed E-state index contributed by atoms with van der Waals surface area (Å²) in [6, 6.07) is 9.38. The summed E-state index contributed by atoms with van der Waals surface area (Å²) >= 11 is 0. The summed E-state index contributed by atoms with van der Waals surface area (Å²) in [5.41, 5.74) is 0. The van der Waals surface area contributed by atoms with Crippen LogP contribution in [0.2, 0.25) is 0 Å². The van der Waals surface area contributed by atoms with Crippen molar-refractivity contribution in [1.82, 2.24) is 0 Å². The molecule has 10 heavy (non-hydrogen) atoms. The van der Waals surface area contributed by atoms with E-state index < -0.39 is 0 Å². The molecule has 0 heterocycles. The molecule has 0 aliphatic rings. The van der Waals surface area contributed by atoms with Crippen molar-refractivity contribution >= 4 is 0 Å². The molecule has 1 heteroatoms. The van der Waals surface area contributed by atoms with Gasteiger partial charge in [-0.15, -0.1) is 0 Å². The minimum Gasteiger partial charge on any atom is -0.481 e. The molecule has 0 aliphatic heterocycles. The maximum Gasteiger partial charge on any atom is 0.150 e. The number of para-hydroxylation sites is 1. The first kappa shape index (κ1) is 6.70. The van der Waals surface area contributed by atoms with Crippen LogP contribution in [0, 0.1) is 12.3 Å². The number of hydrogen-bond acceptors (Lipinski definition) is 1. The molecule has 0 aliphatic carbocycles. The zero-order chi connectivity index (χ0) is 7.23. The molecule has 1 rings (SSSR count). The summed E-state index contributed by atoms with van der Waals surface area (Å²) in [7, 11) is 0. The van der Waals surface area contributed by atoms with Crippen molar-refractivity contribution in [2.75, 3.05) is 6.61 Å². The van der Waals surface area contributed by atoms with E-state index in [9.17, 15) is 0 Å². The van der Waals surface area contributed by atoms with Crippen LogP contribution in [0.3, 0.4) is 0 Å². The van der Waals surface area contributed by atoms with Gasteiger partial charge in [-0.2, -0.15) is 0 Å². The Hall–Kier alpha value is -1.42. The monoisotopic (exact) mass is 131 g/mol. The molecule has 0 saturated carbocycles. The Kier molecular flexibility index (Phi) is 2.39. The molecule has 0 N–H and O–H groups in total. The van der Waals surface area contributed by atoms with Crippen LogP contribution in [0.4, 0.5) is 0 Å². The largest absolute Gasteiger partial charge is 0.481 e. The van der Waals surface area contributed by atoms with E-state index in [0.717, 1.165) is 5.75 Å². The summed E-state index contributed by atoms with van der Waals surface area (Å²) < 4.78 is 5.06. The van der Waals surface area contributed by atoms with Crippen LogP contribution < -0.4 is 4.74 Å². The predicted octanol–water partition coefficient (Wildman–Crippen LogP) is 1.66. The van der Waals surface area contributed by atoms with Crippen LogP contribution >= 0.6 is 0 Å². The lowest BCUT2D eigenvalue weighted by Crippen LogP contribution is -1.91. The summed E-state index contributed by atoms with van der Waals surface area (Å²) in [6.07, 6.45) is 6.58. The smallest absolute Gasteiger partial charge is 0.150 e. The molecule has 1 radical (unpaired) electrons. The Balaban J connectivity index is 2.52. The average Bonchev–Trinajstić information content (AvgIpc) is 2.03. The van der Waals surface area contributed by atoms with Gasteiger partial charge in [-0.3, -0.25) is 0 Å². The van der Waals surface area contributed by atoms with Crippen molar-refractivity contribution in [2.24, 2.45) is 0 Å². The predicted molar refractivity (Wildman–Crippen MR) is 39.1 cm³/mol. The first-order valence-corrected chi connectivity index (χ1v) is 3.01. The molecule has 0 amide bonds. The van der Waals surface area contributed by atoms with Crippen LogP contribution in [0.15, 0.2) is 30.3 Å². The van der Waals surface area contributed by atoms with Crippen molar-refractivity contribution in [3.63, 3.8) is 0 Å². The van der Waals surface area contributed by atoms with E-state index in [0.29, 0.717) is 0 Å². The minimum absolute atomic E-state index is 0.226. The fourth-order valence-electron chi connectivity index (χ4n) is 0.636. The van der Waals surface area contributed by atoms with Gasteiger partial charge in [0.05, 0.1) is 0 Å². The van der Waals surface area contributed by atoms with Crippen LogP contribution in [0.5, 0.6) is 5.75 Å². The summed E-state index contributed by atoms with van der Waals surface area (Å²) in [6.45, 7) is 0.226. The van der Waals surface area contributed by atoms with Gasteiger partial charge in [-0.1, -0.05) is 18.2 Å². The Morgan fingerprint density at radius 3 is 2.60 bits per heavy atom. The van der Waals surface area contributed by atoms with Gasteiger partial charge in [-0.05, 0) is 24.5 Å². The highest BCUT2D eigenvalue weighted by Crippen LogP contribution is 2.06. The molecule has 0 atom stereocenters. The van der Waals surface area contributed by atoms with Crippen molar-refractivity contribution in [3.8, 4) is 11.7 Å². The molecule has 0 unspecified atom stereocenters. The van der Waals surface area contributed by atoms with Crippen molar-refractivity contribution < 1.29 is 4.74 Å². The van der Waals surface area contributed by atoms with Gasteiger partial charge in [0.25, 0.3) is 0 Å². The highest BCUT2D eigenvalue weighted by molar-refractivity contribution is 5.21. The van der Waals surface area contributed by atoms with Crippen molar-refractivity contribution in [3.05, 3.63) is 36.8 Å². The number of hydrogen-bond donors (Lipinski definition) is 0. The second kappa shape index (κ2) is 3.58. The molecule has 0 aromatic heterocycles. The van der Waals surface area contributed by atoms with E-state index in [-0.39, 0.29) is 6.61 Å². The van der Waals surface area contributed by atoms with Crippen molar-refractivity contribution in [2.45, 2.75) is 0 Å². The highest BCUT2D eigenvalue weighted by atomic mass is 16.5. The van der Waals surface area contributed by atoms with Gasteiger partial charge in [0, 0.05) is 0 Å². The standard InChI is InChI=1S/C9H7O/c1-2-8-10-9-6-4-3-5-7-9/h3-7H,8H2. The normalized spacial score (nSPS) is 8.30. The molecule has 0 saturated heterocycles. The number of benzene rings is 1. The zero-order valence-electron chi connectivity index (χ0n) is 5.50. The topological polar surface area (TPSA) is 9.23 Å². The Morgan fingerprint density at radius 2 is 2.00 bits per heavy atom. The molecule has 1 aromatic carbocycles. The third-order valence-corrected chi connectivity index (χ3v) is 1.05. The van der Waals surface area contributed by atoms with E-state index in [1.54, 1.807) is 0 Å². The maximum atomic E-state index is 6.58. The van der Waals surface area contributed by atoms with E-state index in [1.807, 2.05) is 30.3 Å². The van der Waals surface area contributed by atoms with Gasteiger partial charge in [-0.25, -0.2) is 0 Å². The van der Waals surface area contributed by atoms with Crippen LogP contribution in [0.25, 0.3) is 0 Å². The quantitative estimate of drug-likeness (QED) is 0.554. The molecule has 0 bridgehead atoms. The zero-order valence-corrected chi connectivity index (χ0v) is 5.50. The molecular formula is C9H7O. The Morgan fingerprint density at radius 1 is 1.30 bits per heavy atom. The van der Waals surface area contributed by atoms with Crippen molar-refractivity contribution in [1.29, 1.82) is 0 Å². The first-order valence-electron chi connectivity index (χ1n) is 3.01. The second-order valence-electron chi connectivity index (χ2n) is 1.78. The molecule has 49 valence electrons. The number of ether oxygens (including phenoxy) is 1. The van der Waals surface area contributed by atoms with Gasteiger partial charge in [0.2, 0.25) is 0 Å². The summed E-state index contributed by atoms with van der Waals surface area (Å²) in [5, 5.41) is 0. The maximum absolute atomic E-state index is 6.58. The van der Waals surface area contributed by atoms with Gasteiger partial charge in [0.1, 0.15) is 12.4 Å². The SMILES string of the molecule is [C]#CCOc1ccccc1. The molecule has 1 nitrogen and oxygen atoms in total. The lowest BCUT2D eigenvalue weighted by atomic mass is 10.3. The third kappa shape index (κ3) is 1.83. The van der Waals surface area contributed by atoms with Gasteiger partial charge < -0.3 is 4.74 Å². The van der Waals surface area contributed by atoms with Crippen LogP contribution in [0.1, 0.15) is 0 Å². The Labute approximate surface area is 60.6 Å². The van der Waals surface area contributed by atoms with Crippen LogP contribution in [-0.2, 0) is 0 Å². The van der Waals surface area contributed by atoms with E-state index >= 15 is 0 Å². The fourth-order valence-corrected chi connectivity index (χ4v) is 0.636. The van der Waals surface area contributed by atoms with Gasteiger partial charge in [0.15, 0.2) is 0 Å². The third-order valence-electron chi connectivity index (χ3n) is 1.05. The van der Waals surface area contributed by atoms with E-state index in [1.165, 1.54) is 0 Å². The van der Waals surface area contributed by atoms with Gasteiger partial charge >= 0.3 is 0 Å². The lowest BCUT2D eigenvalue weighted by molar-refractivity contribution is 0.370. The number of rotatable bonds is 2. The molecule has 1 aromatic rings. The Bertz CT molecular complexity index is 220. The summed E-state index contributed by atoms with van der Waals surface area (Å²) in [5.74, 6) is 2.92. The second-order valence-corrected chi connectivity index (χ2v) is 1.78. The average molecular weight is 131 g/mol.